The minimum absolute atomic E-state index is 0.186. The SMILES string of the molecule is COc1cc(N)c(Cl)cc1C(=O)NCC1CCN(CC(O)COc2ccccc2Cl)CC1. The number of likely N-dealkylation sites (tertiary alicyclic amines) is 1. The molecule has 2 aromatic rings. The lowest BCUT2D eigenvalue weighted by Crippen LogP contribution is -2.42. The number of nitrogen functional groups attached to an aromatic ring is 1. The number of hydrogen-bond donors (Lipinski definition) is 3. The summed E-state index contributed by atoms with van der Waals surface area (Å²) in [5.74, 6) is 1.09. The van der Waals surface area contributed by atoms with Crippen LogP contribution in [0.15, 0.2) is 36.4 Å². The van der Waals surface area contributed by atoms with Crippen LogP contribution in [0.2, 0.25) is 10.0 Å². The number of nitrogens with zero attached hydrogens (tertiary/aromatic N) is 1. The molecule has 3 rings (SSSR count). The summed E-state index contributed by atoms with van der Waals surface area (Å²) in [5.41, 5.74) is 6.51. The standard InChI is InChI=1S/C23H29Cl2N3O4/c1-31-22-11-20(26)19(25)10-17(22)23(30)27-12-15-6-8-28(9-7-15)13-16(29)14-32-21-5-3-2-4-18(21)24/h2-5,10-11,15-16,29H,6-9,12-14,26H2,1H3,(H,27,30). The Kier molecular flexibility index (Phi) is 8.87. The molecule has 174 valence electrons. The Balaban J connectivity index is 1.40. The molecule has 9 heteroatoms. The molecule has 1 aliphatic heterocycles. The molecule has 0 bridgehead atoms. The number of amides is 1. The molecule has 1 fully saturated rings. The van der Waals surface area contributed by atoms with Gasteiger partial charge in [0.15, 0.2) is 0 Å². The Morgan fingerprint density at radius 3 is 2.62 bits per heavy atom. The van der Waals surface area contributed by atoms with Gasteiger partial charge in [0, 0.05) is 19.2 Å². The number of benzene rings is 2. The fourth-order valence-electron chi connectivity index (χ4n) is 3.72. The molecular weight excluding hydrogens is 453 g/mol. The van der Waals surface area contributed by atoms with Gasteiger partial charge in [0.25, 0.3) is 5.91 Å². The first kappa shape index (κ1) is 24.5. The largest absolute Gasteiger partial charge is 0.496 e. The summed E-state index contributed by atoms with van der Waals surface area (Å²) in [4.78, 5) is 14.8. The number of nitrogens with two attached hydrogens (primary N) is 1. The summed E-state index contributed by atoms with van der Waals surface area (Å²) < 4.78 is 10.9. The van der Waals surface area contributed by atoms with Crippen molar-refractivity contribution in [3.8, 4) is 11.5 Å². The smallest absolute Gasteiger partial charge is 0.255 e. The second kappa shape index (κ2) is 11.6. The van der Waals surface area contributed by atoms with Crippen LogP contribution in [0.1, 0.15) is 23.2 Å². The van der Waals surface area contributed by atoms with Gasteiger partial charge in [0.2, 0.25) is 0 Å². The number of carbonyl (C=O) groups excluding carboxylic acids is 1. The second-order valence-corrected chi connectivity index (χ2v) is 8.74. The second-order valence-electron chi connectivity index (χ2n) is 7.92. The predicted molar refractivity (Wildman–Crippen MR) is 127 cm³/mol. The first-order valence-electron chi connectivity index (χ1n) is 10.6. The highest BCUT2D eigenvalue weighted by Crippen LogP contribution is 2.29. The number of ether oxygens (including phenoxy) is 2. The van der Waals surface area contributed by atoms with Gasteiger partial charge in [-0.15, -0.1) is 0 Å². The number of rotatable bonds is 9. The van der Waals surface area contributed by atoms with E-state index in [1.54, 1.807) is 18.2 Å². The number of halogens is 2. The van der Waals surface area contributed by atoms with E-state index in [1.165, 1.54) is 13.2 Å². The molecule has 0 spiro atoms. The number of aliphatic hydroxyl groups excluding tert-OH is 1. The zero-order valence-corrected chi connectivity index (χ0v) is 19.5. The van der Waals surface area contributed by atoms with Crippen LogP contribution in [0.5, 0.6) is 11.5 Å². The topological polar surface area (TPSA) is 97.0 Å². The lowest BCUT2D eigenvalue weighted by Gasteiger charge is -2.33. The molecule has 0 aliphatic carbocycles. The Hall–Kier alpha value is -2.19. The highest BCUT2D eigenvalue weighted by Gasteiger charge is 2.23. The number of nitrogens with one attached hydrogen (secondary N) is 1. The zero-order chi connectivity index (χ0) is 23.1. The number of carbonyl (C=O) groups is 1. The van der Waals surface area contributed by atoms with Gasteiger partial charge in [-0.05, 0) is 50.0 Å². The molecule has 32 heavy (non-hydrogen) atoms. The monoisotopic (exact) mass is 481 g/mol. The average molecular weight is 482 g/mol. The molecule has 1 saturated heterocycles. The van der Waals surface area contributed by atoms with E-state index in [0.29, 0.717) is 51.8 Å². The molecular formula is C23H29Cl2N3O4. The molecule has 0 aromatic heterocycles. The minimum atomic E-state index is -0.606. The number of para-hydroxylation sites is 1. The van der Waals surface area contributed by atoms with Crippen LogP contribution in [0.3, 0.4) is 0 Å². The molecule has 2 aromatic carbocycles. The van der Waals surface area contributed by atoms with E-state index in [-0.39, 0.29) is 12.5 Å². The lowest BCUT2D eigenvalue weighted by atomic mass is 9.96. The van der Waals surface area contributed by atoms with E-state index >= 15 is 0 Å². The van der Waals surface area contributed by atoms with Crippen LogP contribution in [-0.4, -0.2) is 61.9 Å². The van der Waals surface area contributed by atoms with Gasteiger partial charge in [-0.25, -0.2) is 0 Å². The van der Waals surface area contributed by atoms with Gasteiger partial charge >= 0.3 is 0 Å². The number of anilines is 1. The summed E-state index contributed by atoms with van der Waals surface area (Å²) in [7, 11) is 1.49. The third kappa shape index (κ3) is 6.65. The molecule has 4 N–H and O–H groups in total. The Morgan fingerprint density at radius 2 is 1.94 bits per heavy atom. The van der Waals surface area contributed by atoms with Gasteiger partial charge in [0.05, 0.1) is 28.4 Å². The van der Waals surface area contributed by atoms with Gasteiger partial charge in [-0.3, -0.25) is 4.79 Å². The van der Waals surface area contributed by atoms with Crippen molar-refractivity contribution in [3.05, 3.63) is 52.0 Å². The van der Waals surface area contributed by atoms with E-state index in [1.807, 2.05) is 12.1 Å². The van der Waals surface area contributed by atoms with E-state index in [2.05, 4.69) is 10.2 Å². The van der Waals surface area contributed by atoms with Crippen molar-refractivity contribution < 1.29 is 19.4 Å². The molecule has 1 amide bonds. The number of β-amino-alcohol motifs (C(OH)–C–C–N with tert-alkyl or cyclic N) is 1. The highest BCUT2D eigenvalue weighted by atomic mass is 35.5. The van der Waals surface area contributed by atoms with Crippen molar-refractivity contribution in [2.75, 3.05) is 45.6 Å². The highest BCUT2D eigenvalue weighted by molar-refractivity contribution is 6.33. The fraction of sp³-hybridized carbons (Fsp3) is 0.435. The fourth-order valence-corrected chi connectivity index (χ4v) is 4.07. The van der Waals surface area contributed by atoms with E-state index in [0.717, 1.165) is 25.9 Å². The predicted octanol–water partition coefficient (Wildman–Crippen LogP) is 3.47. The summed E-state index contributed by atoms with van der Waals surface area (Å²) in [6, 6.07) is 10.3. The van der Waals surface area contributed by atoms with E-state index in [4.69, 9.17) is 38.4 Å². The summed E-state index contributed by atoms with van der Waals surface area (Å²) in [6.07, 6.45) is 1.25. The van der Waals surface area contributed by atoms with E-state index in [9.17, 15) is 9.90 Å². The van der Waals surface area contributed by atoms with E-state index < -0.39 is 6.10 Å². The molecule has 0 saturated carbocycles. The van der Waals surface area contributed by atoms with Crippen molar-refractivity contribution in [2.24, 2.45) is 5.92 Å². The van der Waals surface area contributed by atoms with Gasteiger partial charge in [0.1, 0.15) is 24.2 Å². The van der Waals surface area contributed by atoms with Gasteiger partial charge in [-0.2, -0.15) is 0 Å². The van der Waals surface area contributed by atoms with Crippen molar-refractivity contribution in [1.29, 1.82) is 0 Å². The number of aliphatic hydroxyl groups is 1. The Labute approximate surface area is 198 Å². The van der Waals surface area contributed by atoms with Crippen LogP contribution in [-0.2, 0) is 0 Å². The number of methoxy groups -OCH3 is 1. The third-order valence-electron chi connectivity index (χ3n) is 5.56. The van der Waals surface area contributed by atoms with Crippen LogP contribution in [0, 0.1) is 5.92 Å². The van der Waals surface area contributed by atoms with Crippen molar-refractivity contribution in [2.45, 2.75) is 18.9 Å². The molecule has 0 radical (unpaired) electrons. The molecule has 1 unspecified atom stereocenters. The van der Waals surface area contributed by atoms with Crippen molar-refractivity contribution in [1.82, 2.24) is 10.2 Å². The maximum atomic E-state index is 12.6. The third-order valence-corrected chi connectivity index (χ3v) is 6.20. The van der Waals surface area contributed by atoms with Crippen molar-refractivity contribution in [3.63, 3.8) is 0 Å². The maximum absolute atomic E-state index is 12.6. The number of piperidine rings is 1. The van der Waals surface area contributed by atoms with Gasteiger partial charge in [-0.1, -0.05) is 35.3 Å². The summed E-state index contributed by atoms with van der Waals surface area (Å²) in [6.45, 7) is 2.98. The minimum Gasteiger partial charge on any atom is -0.496 e. The van der Waals surface area contributed by atoms with Crippen molar-refractivity contribution >= 4 is 34.8 Å². The van der Waals surface area contributed by atoms with Crippen LogP contribution in [0.25, 0.3) is 0 Å². The van der Waals surface area contributed by atoms with Crippen LogP contribution in [0.4, 0.5) is 5.69 Å². The first-order valence-corrected chi connectivity index (χ1v) is 11.3. The quantitative estimate of drug-likeness (QED) is 0.474. The normalized spacial score (nSPS) is 15.9. The molecule has 7 nitrogen and oxygen atoms in total. The Bertz CT molecular complexity index is 920. The number of hydrogen-bond acceptors (Lipinski definition) is 6. The zero-order valence-electron chi connectivity index (χ0n) is 18.0. The first-order chi connectivity index (χ1) is 15.4. The van der Waals surface area contributed by atoms with Crippen LogP contribution >= 0.6 is 23.2 Å². The maximum Gasteiger partial charge on any atom is 0.255 e. The average Bonchev–Trinajstić information content (AvgIpc) is 2.79. The van der Waals surface area contributed by atoms with Crippen LogP contribution < -0.4 is 20.5 Å². The summed E-state index contributed by atoms with van der Waals surface area (Å²) >= 11 is 12.1. The van der Waals surface area contributed by atoms with Gasteiger partial charge < -0.3 is 30.5 Å². The lowest BCUT2D eigenvalue weighted by molar-refractivity contribution is 0.0548. The molecule has 1 atom stereocenters. The Morgan fingerprint density at radius 1 is 1.22 bits per heavy atom. The summed E-state index contributed by atoms with van der Waals surface area (Å²) in [5, 5.41) is 14.1. The molecule has 1 heterocycles. The molecule has 1 aliphatic rings.